The zero-order valence-electron chi connectivity index (χ0n) is 14.5. The third-order valence-electron chi connectivity index (χ3n) is 3.81. The zero-order chi connectivity index (χ0) is 17.4. The normalized spacial score (nSPS) is 11.3. The van der Waals surface area contributed by atoms with Gasteiger partial charge in [-0.25, -0.2) is 0 Å². The maximum Gasteiger partial charge on any atom is 0.227 e. The van der Waals surface area contributed by atoms with E-state index in [0.717, 1.165) is 23.4 Å². The van der Waals surface area contributed by atoms with E-state index in [1.54, 1.807) is 14.2 Å². The first-order valence-electron chi connectivity index (χ1n) is 7.89. The summed E-state index contributed by atoms with van der Waals surface area (Å²) in [6, 6.07) is 15.8. The number of rotatable bonds is 8. The van der Waals surface area contributed by atoms with Crippen LogP contribution in [0.4, 0.5) is 5.69 Å². The summed E-state index contributed by atoms with van der Waals surface area (Å²) >= 11 is 0. The standard InChI is InChI=1S/C19H24N2O3.ClH/c1-23-17(13-20)12-19(22)21-16-8-9-18(24-2)15(11-16)10-14-6-4-3-5-7-14;/h3-9,11,17H,10,12-13,20H2,1-2H3,(H,21,22);1H. The largest absolute Gasteiger partial charge is 0.496 e. The highest BCUT2D eigenvalue weighted by molar-refractivity contribution is 5.91. The predicted octanol–water partition coefficient (Wildman–Crippen LogP) is 3.01. The second-order valence-corrected chi connectivity index (χ2v) is 5.53. The van der Waals surface area contributed by atoms with Crippen LogP contribution in [-0.4, -0.2) is 32.8 Å². The smallest absolute Gasteiger partial charge is 0.227 e. The molecule has 0 aliphatic carbocycles. The Hall–Kier alpha value is -2.08. The van der Waals surface area contributed by atoms with E-state index in [0.29, 0.717) is 6.54 Å². The number of hydrogen-bond donors (Lipinski definition) is 2. The molecule has 5 nitrogen and oxygen atoms in total. The second-order valence-electron chi connectivity index (χ2n) is 5.53. The Morgan fingerprint density at radius 2 is 1.88 bits per heavy atom. The highest BCUT2D eigenvalue weighted by Crippen LogP contribution is 2.25. The molecule has 0 fully saturated rings. The van der Waals surface area contributed by atoms with Crippen LogP contribution in [0.25, 0.3) is 0 Å². The molecule has 25 heavy (non-hydrogen) atoms. The van der Waals surface area contributed by atoms with Crippen molar-refractivity contribution in [3.63, 3.8) is 0 Å². The first-order valence-corrected chi connectivity index (χ1v) is 7.89. The van der Waals surface area contributed by atoms with E-state index in [1.165, 1.54) is 5.56 Å². The fourth-order valence-electron chi connectivity index (χ4n) is 2.49. The molecule has 0 spiro atoms. The van der Waals surface area contributed by atoms with Crippen molar-refractivity contribution in [1.29, 1.82) is 0 Å². The van der Waals surface area contributed by atoms with E-state index in [1.807, 2.05) is 36.4 Å². The quantitative estimate of drug-likeness (QED) is 0.755. The summed E-state index contributed by atoms with van der Waals surface area (Å²) in [4.78, 5) is 12.1. The van der Waals surface area contributed by atoms with Gasteiger partial charge in [-0.05, 0) is 23.8 Å². The van der Waals surface area contributed by atoms with Crippen LogP contribution in [0.3, 0.4) is 0 Å². The number of methoxy groups -OCH3 is 2. The first kappa shape index (κ1) is 21.0. The molecule has 0 saturated heterocycles. The SMILES string of the molecule is COc1ccc(NC(=O)CC(CN)OC)cc1Cc1ccccc1.Cl. The van der Waals surface area contributed by atoms with Crippen molar-refractivity contribution in [2.24, 2.45) is 5.73 Å². The Labute approximate surface area is 154 Å². The Morgan fingerprint density at radius 3 is 2.48 bits per heavy atom. The molecule has 1 atom stereocenters. The van der Waals surface area contributed by atoms with Gasteiger partial charge in [-0.2, -0.15) is 0 Å². The van der Waals surface area contributed by atoms with E-state index in [9.17, 15) is 4.79 Å². The van der Waals surface area contributed by atoms with Crippen molar-refractivity contribution >= 4 is 24.0 Å². The van der Waals surface area contributed by atoms with E-state index >= 15 is 0 Å². The number of ether oxygens (including phenoxy) is 2. The fraction of sp³-hybridized carbons (Fsp3) is 0.316. The van der Waals surface area contributed by atoms with Crippen LogP contribution in [0.1, 0.15) is 17.5 Å². The zero-order valence-corrected chi connectivity index (χ0v) is 15.3. The maximum atomic E-state index is 12.1. The average molecular weight is 365 g/mol. The van der Waals surface area contributed by atoms with Crippen LogP contribution in [-0.2, 0) is 16.0 Å². The first-order chi connectivity index (χ1) is 11.7. The highest BCUT2D eigenvalue weighted by atomic mass is 35.5. The van der Waals surface area contributed by atoms with Crippen molar-refractivity contribution in [2.45, 2.75) is 18.9 Å². The minimum Gasteiger partial charge on any atom is -0.496 e. The van der Waals surface area contributed by atoms with E-state index < -0.39 is 0 Å². The summed E-state index contributed by atoms with van der Waals surface area (Å²) in [7, 11) is 3.20. The number of hydrogen-bond acceptors (Lipinski definition) is 4. The molecule has 2 aromatic carbocycles. The number of benzene rings is 2. The van der Waals surface area contributed by atoms with Gasteiger partial charge in [0.2, 0.25) is 5.91 Å². The molecule has 1 unspecified atom stereocenters. The third-order valence-corrected chi connectivity index (χ3v) is 3.81. The van der Waals surface area contributed by atoms with Crippen LogP contribution in [0.5, 0.6) is 5.75 Å². The second kappa shape index (κ2) is 10.7. The molecule has 6 heteroatoms. The lowest BCUT2D eigenvalue weighted by atomic mass is 10.0. The Balaban J connectivity index is 0.00000312. The number of carbonyl (C=O) groups excluding carboxylic acids is 1. The fourth-order valence-corrected chi connectivity index (χ4v) is 2.49. The number of halogens is 1. The molecule has 0 aliphatic heterocycles. The summed E-state index contributed by atoms with van der Waals surface area (Å²) < 4.78 is 10.6. The topological polar surface area (TPSA) is 73.6 Å². The molecule has 0 saturated carbocycles. The molecule has 0 bridgehead atoms. The van der Waals surface area contributed by atoms with Crippen molar-refractivity contribution in [2.75, 3.05) is 26.1 Å². The van der Waals surface area contributed by atoms with Gasteiger partial charge in [-0.15, -0.1) is 12.4 Å². The molecule has 0 heterocycles. The lowest BCUT2D eigenvalue weighted by molar-refractivity contribution is -0.118. The lowest BCUT2D eigenvalue weighted by Gasteiger charge is -2.14. The van der Waals surface area contributed by atoms with Gasteiger partial charge < -0.3 is 20.5 Å². The Morgan fingerprint density at radius 1 is 1.16 bits per heavy atom. The van der Waals surface area contributed by atoms with E-state index in [4.69, 9.17) is 15.2 Å². The molecule has 1 amide bonds. The molecular formula is C19H25ClN2O3. The molecule has 136 valence electrons. The molecule has 2 aromatic rings. The Kier molecular flexibility index (Phi) is 8.99. The van der Waals surface area contributed by atoms with Crippen molar-refractivity contribution in [1.82, 2.24) is 0 Å². The van der Waals surface area contributed by atoms with Gasteiger partial charge in [-0.1, -0.05) is 30.3 Å². The van der Waals surface area contributed by atoms with Gasteiger partial charge in [0.25, 0.3) is 0 Å². The van der Waals surface area contributed by atoms with Gasteiger partial charge in [0.1, 0.15) is 5.75 Å². The molecule has 2 rings (SSSR count). The van der Waals surface area contributed by atoms with E-state index in [2.05, 4.69) is 17.4 Å². The van der Waals surface area contributed by atoms with E-state index in [-0.39, 0.29) is 30.8 Å². The van der Waals surface area contributed by atoms with Gasteiger partial charge >= 0.3 is 0 Å². The Bertz CT molecular complexity index is 661. The molecule has 3 N–H and O–H groups in total. The molecular weight excluding hydrogens is 340 g/mol. The molecule has 0 aromatic heterocycles. The molecule has 0 radical (unpaired) electrons. The third kappa shape index (κ3) is 6.38. The van der Waals surface area contributed by atoms with Gasteiger partial charge in [0, 0.05) is 31.3 Å². The summed E-state index contributed by atoms with van der Waals surface area (Å²) in [6.45, 7) is 0.311. The summed E-state index contributed by atoms with van der Waals surface area (Å²) in [5.74, 6) is 0.678. The monoisotopic (exact) mass is 364 g/mol. The van der Waals surface area contributed by atoms with Crippen LogP contribution >= 0.6 is 12.4 Å². The predicted molar refractivity (Wildman–Crippen MR) is 103 cm³/mol. The number of nitrogens with two attached hydrogens (primary N) is 1. The minimum absolute atomic E-state index is 0. The van der Waals surface area contributed by atoms with Crippen LogP contribution in [0.2, 0.25) is 0 Å². The van der Waals surface area contributed by atoms with Crippen LogP contribution in [0.15, 0.2) is 48.5 Å². The lowest BCUT2D eigenvalue weighted by Crippen LogP contribution is -2.28. The number of carbonyl (C=O) groups is 1. The summed E-state index contributed by atoms with van der Waals surface area (Å²) in [5, 5.41) is 2.89. The average Bonchev–Trinajstić information content (AvgIpc) is 2.61. The van der Waals surface area contributed by atoms with Crippen LogP contribution in [0, 0.1) is 0 Å². The highest BCUT2D eigenvalue weighted by Gasteiger charge is 2.13. The summed E-state index contributed by atoms with van der Waals surface area (Å²) in [5.41, 5.74) is 8.49. The van der Waals surface area contributed by atoms with Gasteiger partial charge in [0.15, 0.2) is 0 Å². The molecule has 0 aliphatic rings. The van der Waals surface area contributed by atoms with Gasteiger partial charge in [-0.3, -0.25) is 4.79 Å². The number of anilines is 1. The maximum absolute atomic E-state index is 12.1. The van der Waals surface area contributed by atoms with Crippen molar-refractivity contribution < 1.29 is 14.3 Å². The minimum atomic E-state index is -0.271. The van der Waals surface area contributed by atoms with Gasteiger partial charge in [0.05, 0.1) is 19.6 Å². The number of nitrogens with one attached hydrogen (secondary N) is 1. The number of amides is 1. The van der Waals surface area contributed by atoms with Crippen molar-refractivity contribution in [3.8, 4) is 5.75 Å². The van der Waals surface area contributed by atoms with Crippen LogP contribution < -0.4 is 15.8 Å². The van der Waals surface area contributed by atoms with Crippen molar-refractivity contribution in [3.05, 3.63) is 59.7 Å². The summed E-state index contributed by atoms with van der Waals surface area (Å²) in [6.07, 6.45) is 0.691.